The molecule has 1 atom stereocenters. The van der Waals surface area contributed by atoms with E-state index < -0.39 is 16.2 Å². The molecule has 0 radical (unpaired) electrons. The molecule has 2 aliphatic heterocycles. The van der Waals surface area contributed by atoms with Crippen LogP contribution < -0.4 is 0 Å². The fraction of sp³-hybridized carbons (Fsp3) is 0.409. The zero-order valence-electron chi connectivity index (χ0n) is 16.7. The zero-order valence-corrected chi connectivity index (χ0v) is 17.5. The van der Waals surface area contributed by atoms with Crippen molar-refractivity contribution in [2.75, 3.05) is 26.2 Å². The van der Waals surface area contributed by atoms with Gasteiger partial charge in [0.1, 0.15) is 6.17 Å². The maximum atomic E-state index is 13.4. The van der Waals surface area contributed by atoms with Crippen LogP contribution in [0.2, 0.25) is 0 Å². The van der Waals surface area contributed by atoms with Gasteiger partial charge >= 0.3 is 6.03 Å². The van der Waals surface area contributed by atoms with E-state index in [-0.39, 0.29) is 17.5 Å². The van der Waals surface area contributed by atoms with Crippen molar-refractivity contribution in [1.82, 2.24) is 14.1 Å². The lowest BCUT2D eigenvalue weighted by molar-refractivity contribution is 0.127. The predicted molar refractivity (Wildman–Crippen MR) is 112 cm³/mol. The Kier molecular flexibility index (Phi) is 5.61. The van der Waals surface area contributed by atoms with E-state index in [0.29, 0.717) is 6.54 Å². The average Bonchev–Trinajstić information content (AvgIpc) is 3.21. The molecule has 0 bridgehead atoms. The number of aryl methyl sites for hydroxylation is 1. The highest BCUT2D eigenvalue weighted by Gasteiger charge is 2.44. The number of hydrogen-bond acceptors (Lipinski definition) is 3. The molecule has 0 unspecified atom stereocenters. The van der Waals surface area contributed by atoms with Crippen LogP contribution in [0.1, 0.15) is 36.6 Å². The minimum atomic E-state index is -3.73. The number of likely N-dealkylation sites (tertiary alicyclic amines) is 1. The Morgan fingerprint density at radius 2 is 1.52 bits per heavy atom. The molecule has 4 rings (SSSR count). The second-order valence-electron chi connectivity index (χ2n) is 7.74. The minimum Gasteiger partial charge on any atom is -0.325 e. The number of nitrogens with zero attached hydrogens (tertiary/aromatic N) is 3. The normalized spacial score (nSPS) is 20.8. The topological polar surface area (TPSA) is 60.9 Å². The van der Waals surface area contributed by atoms with Crippen LogP contribution in [0.3, 0.4) is 0 Å². The van der Waals surface area contributed by atoms with E-state index in [1.807, 2.05) is 42.2 Å². The Bertz CT molecular complexity index is 955. The molecule has 0 N–H and O–H groups in total. The molecule has 0 spiro atoms. The van der Waals surface area contributed by atoms with Crippen LogP contribution in [0.4, 0.5) is 4.79 Å². The number of hydrogen-bond donors (Lipinski definition) is 0. The van der Waals surface area contributed by atoms with E-state index in [0.717, 1.165) is 43.5 Å². The molecule has 2 amide bonds. The minimum absolute atomic E-state index is 0.0693. The van der Waals surface area contributed by atoms with Crippen LogP contribution in [0, 0.1) is 6.92 Å². The lowest BCUT2D eigenvalue weighted by atomic mass is 10.1. The number of urea groups is 1. The highest BCUT2D eigenvalue weighted by molar-refractivity contribution is 7.89. The highest BCUT2D eigenvalue weighted by Crippen LogP contribution is 2.36. The fourth-order valence-electron chi connectivity index (χ4n) is 4.14. The first kappa shape index (κ1) is 19.9. The molecule has 0 saturated carbocycles. The maximum absolute atomic E-state index is 13.4. The Hall–Kier alpha value is -2.38. The first-order valence-electron chi connectivity index (χ1n) is 10.2. The van der Waals surface area contributed by atoms with Crippen molar-refractivity contribution in [2.45, 2.75) is 37.2 Å². The van der Waals surface area contributed by atoms with Gasteiger partial charge in [-0.1, -0.05) is 48.0 Å². The number of carbonyl (C=O) groups is 1. The quantitative estimate of drug-likeness (QED) is 0.772. The van der Waals surface area contributed by atoms with Crippen molar-refractivity contribution < 1.29 is 13.2 Å². The maximum Gasteiger partial charge on any atom is 0.321 e. The van der Waals surface area contributed by atoms with E-state index in [9.17, 15) is 13.2 Å². The molecule has 2 aromatic carbocycles. The van der Waals surface area contributed by atoms with Crippen molar-refractivity contribution in [3.8, 4) is 0 Å². The van der Waals surface area contributed by atoms with Gasteiger partial charge in [-0.05, 0) is 43.9 Å². The molecule has 2 fully saturated rings. The van der Waals surface area contributed by atoms with Gasteiger partial charge in [0.05, 0.1) is 4.90 Å². The zero-order chi connectivity index (χ0) is 20.4. The van der Waals surface area contributed by atoms with Crippen LogP contribution >= 0.6 is 0 Å². The first-order chi connectivity index (χ1) is 14.0. The summed E-state index contributed by atoms with van der Waals surface area (Å²) in [5, 5.41) is 0. The monoisotopic (exact) mass is 413 g/mol. The van der Waals surface area contributed by atoms with Crippen LogP contribution in [-0.2, 0) is 10.0 Å². The van der Waals surface area contributed by atoms with E-state index in [1.165, 1.54) is 4.31 Å². The molecule has 2 saturated heterocycles. The molecule has 154 valence electrons. The smallest absolute Gasteiger partial charge is 0.321 e. The van der Waals surface area contributed by atoms with Crippen molar-refractivity contribution in [3.63, 3.8) is 0 Å². The second-order valence-corrected chi connectivity index (χ2v) is 9.63. The third-order valence-electron chi connectivity index (χ3n) is 5.73. The van der Waals surface area contributed by atoms with Crippen molar-refractivity contribution in [2.24, 2.45) is 0 Å². The summed E-state index contributed by atoms with van der Waals surface area (Å²) in [6.07, 6.45) is 2.51. The summed E-state index contributed by atoms with van der Waals surface area (Å²) < 4.78 is 28.4. The lowest BCUT2D eigenvalue weighted by Gasteiger charge is -2.35. The van der Waals surface area contributed by atoms with E-state index in [4.69, 9.17) is 0 Å². The number of carbonyl (C=O) groups excluding carboxylic acids is 1. The standard InChI is InChI=1S/C22H27N3O3S/c1-18-10-12-20(13-11-18)29(27,28)25-17-16-24(21(25)19-8-4-2-5-9-19)22(26)23-14-6-3-7-15-23/h2,4-5,8-13,21H,3,6-7,14-17H2,1H3/t21-/m1/s1. The van der Waals surface area contributed by atoms with Crippen molar-refractivity contribution >= 4 is 16.1 Å². The largest absolute Gasteiger partial charge is 0.325 e. The third kappa shape index (κ3) is 3.89. The molecule has 2 aromatic rings. The van der Waals surface area contributed by atoms with Crippen molar-refractivity contribution in [3.05, 3.63) is 65.7 Å². The number of benzene rings is 2. The van der Waals surface area contributed by atoms with Gasteiger partial charge in [-0.15, -0.1) is 0 Å². The highest BCUT2D eigenvalue weighted by atomic mass is 32.2. The fourth-order valence-corrected chi connectivity index (χ4v) is 5.71. The predicted octanol–water partition coefficient (Wildman–Crippen LogP) is 3.61. The Morgan fingerprint density at radius 1 is 0.862 bits per heavy atom. The van der Waals surface area contributed by atoms with Gasteiger partial charge in [-0.2, -0.15) is 4.31 Å². The SMILES string of the molecule is Cc1ccc(S(=O)(=O)N2CCN(C(=O)N3CCCCC3)[C@H]2c2ccccc2)cc1. The molecule has 0 aliphatic carbocycles. The number of amides is 2. The van der Waals surface area contributed by atoms with Gasteiger partial charge < -0.3 is 9.80 Å². The van der Waals surface area contributed by atoms with Gasteiger partial charge in [0.2, 0.25) is 10.0 Å². The van der Waals surface area contributed by atoms with E-state index in [2.05, 4.69) is 0 Å². The molecule has 0 aromatic heterocycles. The summed E-state index contributed by atoms with van der Waals surface area (Å²) >= 11 is 0. The van der Waals surface area contributed by atoms with Gasteiger partial charge in [-0.3, -0.25) is 0 Å². The summed E-state index contributed by atoms with van der Waals surface area (Å²) in [5.41, 5.74) is 1.82. The second kappa shape index (κ2) is 8.16. The molecule has 7 heteroatoms. The third-order valence-corrected chi connectivity index (χ3v) is 7.59. The number of rotatable bonds is 3. The van der Waals surface area contributed by atoms with Gasteiger partial charge in [-0.25, -0.2) is 13.2 Å². The summed E-state index contributed by atoms with van der Waals surface area (Å²) in [7, 11) is -3.73. The van der Waals surface area contributed by atoms with Crippen LogP contribution in [-0.4, -0.2) is 54.7 Å². The molecular weight excluding hydrogens is 386 g/mol. The van der Waals surface area contributed by atoms with Crippen LogP contribution in [0.5, 0.6) is 0 Å². The summed E-state index contributed by atoms with van der Waals surface area (Å²) in [4.78, 5) is 17.1. The van der Waals surface area contributed by atoms with Gasteiger partial charge in [0.15, 0.2) is 0 Å². The Balaban J connectivity index is 1.70. The number of sulfonamides is 1. The molecule has 6 nitrogen and oxygen atoms in total. The Morgan fingerprint density at radius 3 is 2.17 bits per heavy atom. The van der Waals surface area contributed by atoms with Gasteiger partial charge in [0.25, 0.3) is 0 Å². The molecular formula is C22H27N3O3S. The molecule has 2 heterocycles. The van der Waals surface area contributed by atoms with E-state index >= 15 is 0 Å². The first-order valence-corrected chi connectivity index (χ1v) is 11.6. The number of piperidine rings is 1. The van der Waals surface area contributed by atoms with Crippen LogP contribution in [0.15, 0.2) is 59.5 Å². The molecule has 29 heavy (non-hydrogen) atoms. The summed E-state index contributed by atoms with van der Waals surface area (Å²) in [5.74, 6) is 0. The van der Waals surface area contributed by atoms with Crippen LogP contribution in [0.25, 0.3) is 0 Å². The summed E-state index contributed by atoms with van der Waals surface area (Å²) in [6.45, 7) is 4.08. The van der Waals surface area contributed by atoms with Gasteiger partial charge in [0, 0.05) is 26.2 Å². The Labute approximate surface area is 172 Å². The van der Waals surface area contributed by atoms with Crippen molar-refractivity contribution in [1.29, 1.82) is 0 Å². The molecule has 2 aliphatic rings. The van der Waals surface area contributed by atoms with E-state index in [1.54, 1.807) is 29.2 Å². The average molecular weight is 414 g/mol. The summed E-state index contributed by atoms with van der Waals surface area (Å²) in [6, 6.07) is 16.3. The lowest BCUT2D eigenvalue weighted by Crippen LogP contribution is -2.46.